The van der Waals surface area contributed by atoms with Gasteiger partial charge in [0, 0.05) is 24.3 Å². The molecule has 1 aliphatic heterocycles. The van der Waals surface area contributed by atoms with Crippen molar-refractivity contribution in [2.24, 2.45) is 0 Å². The highest BCUT2D eigenvalue weighted by molar-refractivity contribution is 5.95. The fourth-order valence-electron chi connectivity index (χ4n) is 1.78. The van der Waals surface area contributed by atoms with Gasteiger partial charge in [-0.3, -0.25) is 4.79 Å². The number of benzene rings is 1. The predicted molar refractivity (Wildman–Crippen MR) is 59.4 cm³/mol. The van der Waals surface area contributed by atoms with E-state index in [1.165, 1.54) is 19.1 Å². The molecule has 0 saturated carbocycles. The Labute approximate surface area is 93.8 Å². The Bertz CT molecular complexity index is 400. The van der Waals surface area contributed by atoms with Crippen molar-refractivity contribution in [3.8, 4) is 0 Å². The minimum absolute atomic E-state index is 0.117. The van der Waals surface area contributed by atoms with Gasteiger partial charge in [-0.15, -0.1) is 0 Å². The number of nitrogens with zero attached hydrogens (tertiary/aromatic N) is 1. The van der Waals surface area contributed by atoms with Crippen molar-refractivity contribution in [2.75, 3.05) is 31.2 Å². The highest BCUT2D eigenvalue weighted by atomic mass is 19.1. The molecule has 16 heavy (non-hydrogen) atoms. The number of morpholine rings is 1. The zero-order valence-electron chi connectivity index (χ0n) is 9.20. The summed E-state index contributed by atoms with van der Waals surface area (Å²) >= 11 is 0. The molecule has 0 N–H and O–H groups in total. The lowest BCUT2D eigenvalue weighted by Gasteiger charge is -2.29. The number of halogens is 1. The predicted octanol–water partition coefficient (Wildman–Crippen LogP) is 1.86. The van der Waals surface area contributed by atoms with Crippen LogP contribution in [0, 0.1) is 5.82 Å². The van der Waals surface area contributed by atoms with Crippen LogP contribution in [-0.4, -0.2) is 32.1 Å². The molecule has 3 nitrogen and oxygen atoms in total. The summed E-state index contributed by atoms with van der Waals surface area (Å²) in [6.45, 7) is 4.21. The van der Waals surface area contributed by atoms with Crippen LogP contribution in [0.3, 0.4) is 0 Å². The maximum absolute atomic E-state index is 13.3. The molecule has 1 aromatic rings. The SMILES string of the molecule is CC(=O)c1cc(F)cc(N2CCOCC2)c1. The van der Waals surface area contributed by atoms with Crippen LogP contribution in [0.4, 0.5) is 10.1 Å². The Morgan fingerprint density at radius 3 is 2.62 bits per heavy atom. The van der Waals surface area contributed by atoms with Gasteiger partial charge in [-0.1, -0.05) is 0 Å². The fraction of sp³-hybridized carbons (Fsp3) is 0.417. The van der Waals surface area contributed by atoms with Gasteiger partial charge in [0.25, 0.3) is 0 Å². The first-order valence-electron chi connectivity index (χ1n) is 5.31. The van der Waals surface area contributed by atoms with Gasteiger partial charge in [0.05, 0.1) is 13.2 Å². The van der Waals surface area contributed by atoms with Gasteiger partial charge in [0.2, 0.25) is 0 Å². The molecule has 4 heteroatoms. The Morgan fingerprint density at radius 2 is 2.00 bits per heavy atom. The number of hydrogen-bond acceptors (Lipinski definition) is 3. The minimum atomic E-state index is -0.366. The highest BCUT2D eigenvalue weighted by Gasteiger charge is 2.13. The van der Waals surface area contributed by atoms with Crippen LogP contribution in [0.25, 0.3) is 0 Å². The molecule has 0 aromatic heterocycles. The van der Waals surface area contributed by atoms with E-state index in [4.69, 9.17) is 4.74 Å². The van der Waals surface area contributed by atoms with Crippen molar-refractivity contribution in [1.29, 1.82) is 0 Å². The van der Waals surface area contributed by atoms with E-state index in [0.717, 1.165) is 18.8 Å². The standard InChI is InChI=1S/C12H14FNO2/c1-9(15)10-6-11(13)8-12(7-10)14-2-4-16-5-3-14/h6-8H,2-5H2,1H3. The molecule has 0 unspecified atom stereocenters. The van der Waals surface area contributed by atoms with E-state index in [1.54, 1.807) is 6.07 Å². The van der Waals surface area contributed by atoms with Crippen LogP contribution in [0.15, 0.2) is 18.2 Å². The Balaban J connectivity index is 2.28. The Hall–Kier alpha value is -1.42. The molecule has 1 aliphatic rings. The average molecular weight is 223 g/mol. The molecule has 1 aromatic carbocycles. The molecule has 1 heterocycles. The van der Waals surface area contributed by atoms with Gasteiger partial charge in [-0.05, 0) is 25.1 Å². The lowest BCUT2D eigenvalue weighted by molar-refractivity contribution is 0.101. The number of ketones is 1. The molecule has 0 atom stereocenters. The van der Waals surface area contributed by atoms with E-state index in [-0.39, 0.29) is 11.6 Å². The Morgan fingerprint density at radius 1 is 1.31 bits per heavy atom. The van der Waals surface area contributed by atoms with E-state index in [9.17, 15) is 9.18 Å². The summed E-state index contributed by atoms with van der Waals surface area (Å²) in [7, 11) is 0. The molecule has 2 rings (SSSR count). The van der Waals surface area contributed by atoms with Crippen molar-refractivity contribution in [2.45, 2.75) is 6.92 Å². The van der Waals surface area contributed by atoms with Crippen LogP contribution in [-0.2, 0) is 4.74 Å². The van der Waals surface area contributed by atoms with E-state index in [2.05, 4.69) is 0 Å². The number of anilines is 1. The molecule has 0 amide bonds. The third kappa shape index (κ3) is 2.39. The van der Waals surface area contributed by atoms with Gasteiger partial charge in [-0.2, -0.15) is 0 Å². The lowest BCUT2D eigenvalue weighted by atomic mass is 10.1. The Kier molecular flexibility index (Phi) is 3.19. The number of rotatable bonds is 2. The van der Waals surface area contributed by atoms with Crippen LogP contribution in [0.1, 0.15) is 17.3 Å². The summed E-state index contributed by atoms with van der Waals surface area (Å²) in [4.78, 5) is 13.2. The second kappa shape index (κ2) is 4.61. The molecule has 0 aliphatic carbocycles. The molecule has 1 fully saturated rings. The van der Waals surface area contributed by atoms with Gasteiger partial charge in [-0.25, -0.2) is 4.39 Å². The summed E-state index contributed by atoms with van der Waals surface area (Å²) in [5.41, 5.74) is 1.18. The highest BCUT2D eigenvalue weighted by Crippen LogP contribution is 2.20. The molecule has 0 spiro atoms. The summed E-state index contributed by atoms with van der Waals surface area (Å²) in [6.07, 6.45) is 0. The second-order valence-corrected chi connectivity index (χ2v) is 3.85. The van der Waals surface area contributed by atoms with Gasteiger partial charge >= 0.3 is 0 Å². The maximum Gasteiger partial charge on any atom is 0.159 e. The number of carbonyl (C=O) groups excluding carboxylic acids is 1. The molecular weight excluding hydrogens is 209 g/mol. The summed E-state index contributed by atoms with van der Waals surface area (Å²) in [5, 5.41) is 0. The smallest absolute Gasteiger partial charge is 0.159 e. The first-order chi connectivity index (χ1) is 7.66. The molecule has 86 valence electrons. The topological polar surface area (TPSA) is 29.5 Å². The minimum Gasteiger partial charge on any atom is -0.378 e. The van der Waals surface area contributed by atoms with E-state index in [0.29, 0.717) is 18.8 Å². The maximum atomic E-state index is 13.3. The van der Waals surface area contributed by atoms with Crippen molar-refractivity contribution >= 4 is 11.5 Å². The fourth-order valence-corrected chi connectivity index (χ4v) is 1.78. The third-order valence-corrected chi connectivity index (χ3v) is 2.67. The van der Waals surface area contributed by atoms with Crippen molar-refractivity contribution < 1.29 is 13.9 Å². The molecular formula is C12H14FNO2. The van der Waals surface area contributed by atoms with Crippen molar-refractivity contribution in [3.05, 3.63) is 29.6 Å². The number of carbonyl (C=O) groups is 1. The van der Waals surface area contributed by atoms with E-state index in [1.807, 2.05) is 4.90 Å². The zero-order valence-corrected chi connectivity index (χ0v) is 9.20. The van der Waals surface area contributed by atoms with Crippen LogP contribution in [0.2, 0.25) is 0 Å². The lowest BCUT2D eigenvalue weighted by Crippen LogP contribution is -2.36. The average Bonchev–Trinajstić information content (AvgIpc) is 2.29. The number of Topliss-reactive ketones (excluding diaryl/α,β-unsaturated/α-hetero) is 1. The van der Waals surface area contributed by atoms with Crippen molar-refractivity contribution in [3.63, 3.8) is 0 Å². The second-order valence-electron chi connectivity index (χ2n) is 3.85. The summed E-state index contributed by atoms with van der Waals surface area (Å²) < 4.78 is 18.6. The largest absolute Gasteiger partial charge is 0.378 e. The van der Waals surface area contributed by atoms with Gasteiger partial charge < -0.3 is 9.64 Å². The zero-order chi connectivity index (χ0) is 11.5. The quantitative estimate of drug-likeness (QED) is 0.717. The van der Waals surface area contributed by atoms with Gasteiger partial charge in [0.1, 0.15) is 5.82 Å². The van der Waals surface area contributed by atoms with Crippen molar-refractivity contribution in [1.82, 2.24) is 0 Å². The number of ether oxygens (including phenoxy) is 1. The normalized spacial score (nSPS) is 16.2. The van der Waals surface area contributed by atoms with Crippen LogP contribution in [0.5, 0.6) is 0 Å². The molecule has 0 bridgehead atoms. The van der Waals surface area contributed by atoms with Crippen LogP contribution < -0.4 is 4.90 Å². The van der Waals surface area contributed by atoms with Crippen LogP contribution >= 0.6 is 0 Å². The molecule has 1 saturated heterocycles. The third-order valence-electron chi connectivity index (χ3n) is 2.67. The molecule has 0 radical (unpaired) electrons. The summed E-state index contributed by atoms with van der Waals surface area (Å²) in [5.74, 6) is -0.483. The monoisotopic (exact) mass is 223 g/mol. The van der Waals surface area contributed by atoms with Gasteiger partial charge in [0.15, 0.2) is 5.78 Å². The number of hydrogen-bond donors (Lipinski definition) is 0. The first-order valence-corrected chi connectivity index (χ1v) is 5.31. The first kappa shape index (κ1) is 11.1. The summed E-state index contributed by atoms with van der Waals surface area (Å²) in [6, 6.07) is 4.46. The van der Waals surface area contributed by atoms with E-state index < -0.39 is 0 Å². The van der Waals surface area contributed by atoms with E-state index >= 15 is 0 Å².